The zero-order valence-corrected chi connectivity index (χ0v) is 11.7. The molecule has 0 bridgehead atoms. The minimum absolute atomic E-state index is 0.149. The molecule has 1 heterocycles. The van der Waals surface area contributed by atoms with Crippen molar-refractivity contribution in [3.63, 3.8) is 0 Å². The van der Waals surface area contributed by atoms with E-state index < -0.39 is 11.8 Å². The van der Waals surface area contributed by atoms with E-state index in [1.807, 2.05) is 30.3 Å². The highest BCUT2D eigenvalue weighted by Crippen LogP contribution is 2.25. The molecule has 19 heavy (non-hydrogen) atoms. The summed E-state index contributed by atoms with van der Waals surface area (Å²) in [5, 5.41) is 1.16. The van der Waals surface area contributed by atoms with Crippen LogP contribution in [0.5, 0.6) is 0 Å². The van der Waals surface area contributed by atoms with Crippen molar-refractivity contribution in [3.05, 3.63) is 35.2 Å². The summed E-state index contributed by atoms with van der Waals surface area (Å²) < 4.78 is 5.21. The molecule has 0 atom stereocenters. The first kappa shape index (κ1) is 15.0. The van der Waals surface area contributed by atoms with Crippen LogP contribution in [0.2, 0.25) is 0 Å². The fraction of sp³-hybridized carbons (Fsp3) is 0.214. The van der Waals surface area contributed by atoms with Gasteiger partial charge in [-0.25, -0.2) is 4.79 Å². The highest BCUT2D eigenvalue weighted by molar-refractivity contribution is 7.20. The van der Waals surface area contributed by atoms with E-state index in [1.54, 1.807) is 18.3 Å². The van der Waals surface area contributed by atoms with Crippen molar-refractivity contribution in [2.24, 2.45) is 0 Å². The third-order valence-corrected chi connectivity index (χ3v) is 3.46. The Hall–Kier alpha value is -2.01. The molecule has 1 aromatic carbocycles. The molecular weight excluding hydrogens is 264 g/mol. The molecule has 0 aliphatic heterocycles. The lowest BCUT2D eigenvalue weighted by molar-refractivity contribution is -0.150. The number of ether oxygens (including phenoxy) is 1. The van der Waals surface area contributed by atoms with Gasteiger partial charge in [0.05, 0.1) is 12.0 Å². The summed E-state index contributed by atoms with van der Waals surface area (Å²) in [7, 11) is 1.17. The Labute approximate surface area is 115 Å². The Bertz CT molecular complexity index is 580. The van der Waals surface area contributed by atoms with Gasteiger partial charge in [-0.1, -0.05) is 18.2 Å². The number of hydrogen-bond donors (Lipinski definition) is 0. The maximum atomic E-state index is 11.0. The van der Waals surface area contributed by atoms with Crippen LogP contribution in [-0.4, -0.2) is 24.6 Å². The van der Waals surface area contributed by atoms with Crippen LogP contribution in [0.3, 0.4) is 0 Å². The largest absolute Gasteiger partial charge is 0.463 e. The number of rotatable bonds is 2. The Kier molecular flexibility index (Phi) is 5.38. The lowest BCUT2D eigenvalue weighted by Crippen LogP contribution is -2.10. The Balaban J connectivity index is 0.000000224. The van der Waals surface area contributed by atoms with Gasteiger partial charge in [-0.3, -0.25) is 9.59 Å². The number of benzene rings is 1. The number of thiophene rings is 1. The Morgan fingerprint density at radius 3 is 2.16 bits per heavy atom. The summed E-state index contributed by atoms with van der Waals surface area (Å²) in [6, 6.07) is 9.98. The molecule has 5 heteroatoms. The SMILES string of the molecule is CC(=O)c1cc2ccccc2s1.COC(=O)C(C)=O. The third kappa shape index (κ3) is 4.30. The molecule has 0 spiro atoms. The molecule has 2 aromatic rings. The highest BCUT2D eigenvalue weighted by atomic mass is 32.1. The van der Waals surface area contributed by atoms with Gasteiger partial charge in [0, 0.05) is 11.6 Å². The second-order valence-corrected chi connectivity index (χ2v) is 4.84. The van der Waals surface area contributed by atoms with E-state index in [0.29, 0.717) is 0 Å². The second-order valence-electron chi connectivity index (χ2n) is 3.75. The van der Waals surface area contributed by atoms with Crippen molar-refractivity contribution in [1.82, 2.24) is 0 Å². The zero-order valence-electron chi connectivity index (χ0n) is 10.9. The summed E-state index contributed by atoms with van der Waals surface area (Å²) in [4.78, 5) is 31.7. The predicted molar refractivity (Wildman–Crippen MR) is 74.5 cm³/mol. The fourth-order valence-corrected chi connectivity index (χ4v) is 2.26. The Morgan fingerprint density at radius 2 is 1.74 bits per heavy atom. The van der Waals surface area contributed by atoms with Crippen molar-refractivity contribution in [3.8, 4) is 0 Å². The van der Waals surface area contributed by atoms with Crippen molar-refractivity contribution >= 4 is 39.0 Å². The van der Waals surface area contributed by atoms with Gasteiger partial charge < -0.3 is 4.74 Å². The van der Waals surface area contributed by atoms with Crippen LogP contribution in [0.25, 0.3) is 10.1 Å². The van der Waals surface area contributed by atoms with E-state index in [4.69, 9.17) is 0 Å². The normalized spacial score (nSPS) is 9.42. The quantitative estimate of drug-likeness (QED) is 0.481. The summed E-state index contributed by atoms with van der Waals surface area (Å²) in [5.41, 5.74) is 0. The van der Waals surface area contributed by atoms with Gasteiger partial charge in [-0.05, 0) is 24.4 Å². The molecule has 0 aliphatic rings. The average molecular weight is 278 g/mol. The van der Waals surface area contributed by atoms with Crippen molar-refractivity contribution in [2.75, 3.05) is 7.11 Å². The second kappa shape index (κ2) is 6.80. The fourth-order valence-electron chi connectivity index (χ4n) is 1.30. The summed E-state index contributed by atoms with van der Waals surface area (Å²) in [6.45, 7) is 2.76. The van der Waals surface area contributed by atoms with E-state index in [9.17, 15) is 14.4 Å². The van der Waals surface area contributed by atoms with Gasteiger partial charge in [-0.15, -0.1) is 11.3 Å². The van der Waals surface area contributed by atoms with Crippen LogP contribution in [0.15, 0.2) is 30.3 Å². The maximum Gasteiger partial charge on any atom is 0.374 e. The summed E-state index contributed by atoms with van der Waals surface area (Å²) in [5.74, 6) is -1.21. The van der Waals surface area contributed by atoms with Gasteiger partial charge in [0.2, 0.25) is 5.78 Å². The van der Waals surface area contributed by atoms with Gasteiger partial charge in [-0.2, -0.15) is 0 Å². The number of carbonyl (C=O) groups excluding carboxylic acids is 3. The molecule has 2 rings (SSSR count). The molecule has 0 amide bonds. The number of fused-ring (bicyclic) bond motifs is 1. The molecule has 0 fully saturated rings. The van der Waals surface area contributed by atoms with E-state index in [-0.39, 0.29) is 5.78 Å². The van der Waals surface area contributed by atoms with Crippen LogP contribution in [0.4, 0.5) is 0 Å². The van der Waals surface area contributed by atoms with Crippen LogP contribution in [0.1, 0.15) is 23.5 Å². The first-order valence-electron chi connectivity index (χ1n) is 5.54. The first-order chi connectivity index (χ1) is 8.95. The molecule has 0 unspecified atom stereocenters. The number of ketones is 2. The minimum atomic E-state index is -0.792. The van der Waals surface area contributed by atoms with E-state index in [1.165, 1.54) is 11.8 Å². The number of carbonyl (C=O) groups is 3. The van der Waals surface area contributed by atoms with Crippen molar-refractivity contribution in [1.29, 1.82) is 0 Å². The standard InChI is InChI=1S/C10H8OS.C4H6O3/c1-7(11)10-6-8-4-2-3-5-9(8)12-10;1-3(5)4(6)7-2/h2-6H,1H3;1-2H3. The van der Waals surface area contributed by atoms with Crippen LogP contribution in [-0.2, 0) is 14.3 Å². The minimum Gasteiger partial charge on any atom is -0.463 e. The van der Waals surface area contributed by atoms with Gasteiger partial charge in [0.15, 0.2) is 5.78 Å². The van der Waals surface area contributed by atoms with Crippen LogP contribution >= 0.6 is 11.3 Å². The van der Waals surface area contributed by atoms with E-state index in [2.05, 4.69) is 4.74 Å². The number of hydrogen-bond acceptors (Lipinski definition) is 5. The summed E-state index contributed by atoms with van der Waals surface area (Å²) in [6.07, 6.45) is 0. The van der Waals surface area contributed by atoms with Gasteiger partial charge >= 0.3 is 5.97 Å². The van der Waals surface area contributed by atoms with Gasteiger partial charge in [0.1, 0.15) is 0 Å². The van der Waals surface area contributed by atoms with Crippen molar-refractivity contribution < 1.29 is 19.1 Å². The lowest BCUT2D eigenvalue weighted by atomic mass is 10.2. The molecular formula is C14H14O4S. The lowest BCUT2D eigenvalue weighted by Gasteiger charge is -1.86. The number of esters is 1. The van der Waals surface area contributed by atoms with Gasteiger partial charge in [0.25, 0.3) is 0 Å². The third-order valence-electron chi connectivity index (χ3n) is 2.25. The molecule has 100 valence electrons. The molecule has 0 N–H and O–H groups in total. The summed E-state index contributed by atoms with van der Waals surface area (Å²) >= 11 is 1.56. The highest BCUT2D eigenvalue weighted by Gasteiger charge is 2.04. The molecule has 0 saturated heterocycles. The molecule has 1 aromatic heterocycles. The zero-order chi connectivity index (χ0) is 14.4. The molecule has 0 saturated carbocycles. The first-order valence-corrected chi connectivity index (χ1v) is 6.35. The van der Waals surface area contributed by atoms with Crippen molar-refractivity contribution in [2.45, 2.75) is 13.8 Å². The number of methoxy groups -OCH3 is 1. The van der Waals surface area contributed by atoms with E-state index in [0.717, 1.165) is 17.2 Å². The smallest absolute Gasteiger partial charge is 0.374 e. The molecule has 0 aliphatic carbocycles. The average Bonchev–Trinajstić information content (AvgIpc) is 2.82. The predicted octanol–water partition coefficient (Wildman–Crippen LogP) is 2.85. The monoisotopic (exact) mass is 278 g/mol. The van der Waals surface area contributed by atoms with Crippen LogP contribution in [0, 0.1) is 0 Å². The van der Waals surface area contributed by atoms with Crippen LogP contribution < -0.4 is 0 Å². The maximum absolute atomic E-state index is 11.0. The molecule has 4 nitrogen and oxygen atoms in total. The number of Topliss-reactive ketones (excluding diaryl/α,β-unsaturated/α-hetero) is 2. The Morgan fingerprint density at radius 1 is 1.11 bits per heavy atom. The molecule has 0 radical (unpaired) electrons. The topological polar surface area (TPSA) is 60.4 Å². The van der Waals surface area contributed by atoms with E-state index >= 15 is 0 Å².